The number of methoxy groups -OCH3 is 1. The quantitative estimate of drug-likeness (QED) is 0.409. The Morgan fingerprint density at radius 2 is 1.81 bits per heavy atom. The number of nitrogens with zero attached hydrogens (tertiary/aromatic N) is 2. The van der Waals surface area contributed by atoms with Crippen molar-refractivity contribution in [3.05, 3.63) is 82.0 Å². The number of rotatable bonds is 6. The van der Waals surface area contributed by atoms with E-state index in [1.54, 1.807) is 54.8 Å². The first-order valence-corrected chi connectivity index (χ1v) is 11.9. The zero-order valence-corrected chi connectivity index (χ0v) is 20.9. The van der Waals surface area contributed by atoms with E-state index in [1.165, 1.54) is 19.3 Å². The number of alkyl halides is 3. The predicted molar refractivity (Wildman–Crippen MR) is 135 cm³/mol. The number of hydrogen-bond donors (Lipinski definition) is 1. The van der Waals surface area contributed by atoms with Crippen LogP contribution in [0.25, 0.3) is 11.8 Å². The SMILES string of the molecule is COc1ccccc1NC(=O)CN1C(=O)S/C(=C\c2cc(C)n(-c3cccc(C(F)(F)F)c3)c2C)C1=O. The molecule has 1 fully saturated rings. The summed E-state index contributed by atoms with van der Waals surface area (Å²) >= 11 is 0.694. The molecule has 1 aliphatic rings. The minimum atomic E-state index is -4.48. The first kappa shape index (κ1) is 26.1. The first-order chi connectivity index (χ1) is 17.5. The van der Waals surface area contributed by atoms with E-state index in [1.807, 2.05) is 0 Å². The molecular weight excluding hydrogens is 507 g/mol. The van der Waals surface area contributed by atoms with E-state index in [-0.39, 0.29) is 4.91 Å². The van der Waals surface area contributed by atoms with E-state index < -0.39 is 35.3 Å². The fourth-order valence-electron chi connectivity index (χ4n) is 4.01. The minimum absolute atomic E-state index is 0.111. The number of carbonyl (C=O) groups excluding carboxylic acids is 3. The van der Waals surface area contributed by atoms with Gasteiger partial charge in [-0.2, -0.15) is 13.2 Å². The Kier molecular flexibility index (Phi) is 7.17. The van der Waals surface area contributed by atoms with Gasteiger partial charge < -0.3 is 14.6 Å². The molecule has 3 amide bonds. The van der Waals surface area contributed by atoms with Crippen molar-refractivity contribution in [1.29, 1.82) is 0 Å². The number of benzene rings is 2. The standard InChI is InChI=1S/C26H22F3N3O4S/c1-15-11-17(16(2)32(15)19-8-6-7-18(13-19)26(27,28)29)12-22-24(34)31(25(35)37-22)14-23(33)30-20-9-4-5-10-21(20)36-3/h4-13H,14H2,1-3H3,(H,30,33)/b22-12-. The van der Waals surface area contributed by atoms with Crippen LogP contribution in [0.15, 0.2) is 59.5 Å². The number of anilines is 1. The number of ether oxygens (including phenoxy) is 1. The Morgan fingerprint density at radius 1 is 1.08 bits per heavy atom. The largest absolute Gasteiger partial charge is 0.495 e. The van der Waals surface area contributed by atoms with Crippen LogP contribution in [0.2, 0.25) is 0 Å². The molecule has 3 aromatic rings. The second-order valence-corrected chi connectivity index (χ2v) is 9.22. The van der Waals surface area contributed by atoms with Crippen LogP contribution >= 0.6 is 11.8 Å². The second-order valence-electron chi connectivity index (χ2n) is 8.23. The number of amides is 3. The van der Waals surface area contributed by atoms with Crippen molar-refractivity contribution in [3.63, 3.8) is 0 Å². The Bertz CT molecular complexity index is 1430. The highest BCUT2D eigenvalue weighted by Crippen LogP contribution is 2.35. The van der Waals surface area contributed by atoms with E-state index in [0.29, 0.717) is 45.8 Å². The molecule has 2 aromatic carbocycles. The van der Waals surface area contributed by atoms with Gasteiger partial charge in [-0.25, -0.2) is 0 Å². The Balaban J connectivity index is 1.55. The smallest absolute Gasteiger partial charge is 0.416 e. The Hall–Kier alpha value is -3.99. The maximum Gasteiger partial charge on any atom is 0.416 e. The van der Waals surface area contributed by atoms with Gasteiger partial charge in [-0.3, -0.25) is 19.3 Å². The number of hydrogen-bond acceptors (Lipinski definition) is 5. The van der Waals surface area contributed by atoms with Gasteiger partial charge in [0.15, 0.2) is 0 Å². The van der Waals surface area contributed by atoms with Crippen molar-refractivity contribution in [1.82, 2.24) is 9.47 Å². The highest BCUT2D eigenvalue weighted by Gasteiger charge is 2.37. The van der Waals surface area contributed by atoms with Crippen LogP contribution in [0.5, 0.6) is 5.75 Å². The molecule has 7 nitrogen and oxygen atoms in total. The maximum absolute atomic E-state index is 13.2. The van der Waals surface area contributed by atoms with Crippen LogP contribution in [0.1, 0.15) is 22.5 Å². The summed E-state index contributed by atoms with van der Waals surface area (Å²) in [6.07, 6.45) is -2.97. The average Bonchev–Trinajstić information content (AvgIpc) is 3.27. The molecule has 192 valence electrons. The van der Waals surface area contributed by atoms with Gasteiger partial charge in [-0.1, -0.05) is 18.2 Å². The lowest BCUT2D eigenvalue weighted by molar-refractivity contribution is -0.137. The number of imide groups is 1. The summed E-state index contributed by atoms with van der Waals surface area (Å²) in [5.74, 6) is -0.772. The lowest BCUT2D eigenvalue weighted by Gasteiger charge is -2.14. The third-order valence-corrected chi connectivity index (χ3v) is 6.65. The number of para-hydroxylation sites is 2. The van der Waals surface area contributed by atoms with E-state index >= 15 is 0 Å². The van der Waals surface area contributed by atoms with E-state index in [4.69, 9.17) is 4.74 Å². The van der Waals surface area contributed by atoms with Crippen LogP contribution in [-0.4, -0.2) is 40.2 Å². The van der Waals surface area contributed by atoms with Crippen molar-refractivity contribution < 1.29 is 32.3 Å². The fraction of sp³-hybridized carbons (Fsp3) is 0.192. The lowest BCUT2D eigenvalue weighted by atomic mass is 10.2. The Morgan fingerprint density at radius 3 is 2.51 bits per heavy atom. The van der Waals surface area contributed by atoms with Crippen LogP contribution in [-0.2, 0) is 15.8 Å². The van der Waals surface area contributed by atoms with Gasteiger partial charge in [0.25, 0.3) is 11.1 Å². The molecule has 1 N–H and O–H groups in total. The fourth-order valence-corrected chi connectivity index (χ4v) is 4.84. The summed E-state index contributed by atoms with van der Waals surface area (Å²) in [5.41, 5.74) is 1.77. The molecule has 4 rings (SSSR count). The number of carbonyl (C=O) groups is 3. The van der Waals surface area contributed by atoms with Crippen molar-refractivity contribution in [3.8, 4) is 11.4 Å². The molecule has 37 heavy (non-hydrogen) atoms. The summed E-state index contributed by atoms with van der Waals surface area (Å²) in [6, 6.07) is 13.4. The van der Waals surface area contributed by atoms with Gasteiger partial charge in [0, 0.05) is 17.1 Å². The first-order valence-electron chi connectivity index (χ1n) is 11.0. The third kappa shape index (κ3) is 5.41. The molecular formula is C26H22F3N3O4S. The van der Waals surface area contributed by atoms with Crippen molar-refractivity contribution in [2.24, 2.45) is 0 Å². The van der Waals surface area contributed by atoms with E-state index in [0.717, 1.165) is 17.0 Å². The maximum atomic E-state index is 13.2. The average molecular weight is 530 g/mol. The van der Waals surface area contributed by atoms with Gasteiger partial charge in [0.05, 0.1) is 23.3 Å². The number of thioether (sulfide) groups is 1. The summed E-state index contributed by atoms with van der Waals surface area (Å²) in [4.78, 5) is 38.9. The molecule has 0 saturated carbocycles. The van der Waals surface area contributed by atoms with Gasteiger partial charge in [-0.15, -0.1) is 0 Å². The van der Waals surface area contributed by atoms with E-state index in [9.17, 15) is 27.6 Å². The molecule has 0 aliphatic carbocycles. The normalized spacial score (nSPS) is 15.0. The second kappa shape index (κ2) is 10.2. The zero-order chi connectivity index (χ0) is 26.9. The summed E-state index contributed by atoms with van der Waals surface area (Å²) in [5, 5.41) is 2.03. The monoisotopic (exact) mass is 529 g/mol. The van der Waals surface area contributed by atoms with Crippen LogP contribution in [0.4, 0.5) is 23.7 Å². The predicted octanol–water partition coefficient (Wildman–Crippen LogP) is 5.80. The molecule has 1 saturated heterocycles. The number of aryl methyl sites for hydroxylation is 1. The van der Waals surface area contributed by atoms with Crippen LogP contribution in [0, 0.1) is 13.8 Å². The zero-order valence-electron chi connectivity index (χ0n) is 20.1. The molecule has 1 aliphatic heterocycles. The minimum Gasteiger partial charge on any atom is -0.495 e. The van der Waals surface area contributed by atoms with Crippen molar-refractivity contribution in [2.45, 2.75) is 20.0 Å². The number of aromatic nitrogens is 1. The summed E-state index contributed by atoms with van der Waals surface area (Å²) in [7, 11) is 1.45. The molecule has 0 bridgehead atoms. The van der Waals surface area contributed by atoms with Gasteiger partial charge in [-0.05, 0) is 73.6 Å². The van der Waals surface area contributed by atoms with Crippen molar-refractivity contribution in [2.75, 3.05) is 19.0 Å². The van der Waals surface area contributed by atoms with Gasteiger partial charge >= 0.3 is 6.18 Å². The van der Waals surface area contributed by atoms with Gasteiger partial charge in [0.1, 0.15) is 12.3 Å². The number of halogens is 3. The van der Waals surface area contributed by atoms with Gasteiger partial charge in [0.2, 0.25) is 5.91 Å². The molecule has 0 spiro atoms. The highest BCUT2D eigenvalue weighted by molar-refractivity contribution is 8.18. The topological polar surface area (TPSA) is 80.6 Å². The number of nitrogens with one attached hydrogen (secondary N) is 1. The van der Waals surface area contributed by atoms with Crippen LogP contribution in [0.3, 0.4) is 0 Å². The summed E-state index contributed by atoms with van der Waals surface area (Å²) in [6.45, 7) is 2.96. The molecule has 0 radical (unpaired) electrons. The van der Waals surface area contributed by atoms with Crippen LogP contribution < -0.4 is 10.1 Å². The summed E-state index contributed by atoms with van der Waals surface area (Å²) < 4.78 is 46.4. The molecule has 1 aromatic heterocycles. The lowest BCUT2D eigenvalue weighted by Crippen LogP contribution is -2.36. The van der Waals surface area contributed by atoms with E-state index in [2.05, 4.69) is 5.32 Å². The highest BCUT2D eigenvalue weighted by atomic mass is 32.2. The molecule has 0 atom stereocenters. The molecule has 2 heterocycles. The Labute approximate surface area is 214 Å². The van der Waals surface area contributed by atoms with Crippen molar-refractivity contribution >= 4 is 40.6 Å². The molecule has 11 heteroatoms. The molecule has 0 unspecified atom stereocenters. The third-order valence-electron chi connectivity index (χ3n) is 5.74.